The summed E-state index contributed by atoms with van der Waals surface area (Å²) in [5.74, 6) is -0.421. The van der Waals surface area contributed by atoms with Crippen molar-refractivity contribution in [1.29, 1.82) is 0 Å². The predicted molar refractivity (Wildman–Crippen MR) is 174 cm³/mol. The summed E-state index contributed by atoms with van der Waals surface area (Å²) in [5, 5.41) is 10.9. The smallest absolute Gasteiger partial charge is 0.261 e. The number of carbonyl (C=O) groups is 3. The van der Waals surface area contributed by atoms with E-state index in [9.17, 15) is 14.4 Å². The van der Waals surface area contributed by atoms with Crippen LogP contribution in [0.4, 0.5) is 5.69 Å². The number of benzene rings is 5. The van der Waals surface area contributed by atoms with Gasteiger partial charge in [0.1, 0.15) is 0 Å². The first-order valence-electron chi connectivity index (χ1n) is 15.8. The van der Waals surface area contributed by atoms with Crippen molar-refractivity contribution in [3.63, 3.8) is 0 Å². The first-order chi connectivity index (χ1) is 20.5. The second-order valence-corrected chi connectivity index (χ2v) is 12.0. The molecular weight excluding hydrogens is 520 g/mol. The molecule has 0 aliphatic carbocycles. The number of fused-ring (bicyclic) bond motifs is 2. The molecule has 0 saturated carbocycles. The summed E-state index contributed by atoms with van der Waals surface area (Å²) in [6, 6.07) is 18.0. The fourth-order valence-electron chi connectivity index (χ4n) is 7.15. The molecule has 0 fully saturated rings. The molecule has 1 aliphatic heterocycles. The van der Waals surface area contributed by atoms with Crippen LogP contribution in [0.25, 0.3) is 43.1 Å². The van der Waals surface area contributed by atoms with Crippen LogP contribution >= 0.6 is 0 Å². The van der Waals surface area contributed by atoms with E-state index in [4.69, 9.17) is 0 Å². The topological polar surface area (TPSA) is 66.5 Å². The Hall–Kier alpha value is -3.99. The van der Waals surface area contributed by atoms with E-state index < -0.39 is 0 Å². The number of amides is 3. The molecule has 0 aromatic heterocycles. The van der Waals surface area contributed by atoms with Crippen LogP contribution in [0.1, 0.15) is 106 Å². The van der Waals surface area contributed by atoms with Gasteiger partial charge in [-0.25, -0.2) is 0 Å². The van der Waals surface area contributed by atoms with Gasteiger partial charge in [-0.2, -0.15) is 0 Å². The molecule has 216 valence electrons. The molecule has 0 radical (unpaired) electrons. The van der Waals surface area contributed by atoms with Gasteiger partial charge in [-0.05, 0) is 63.4 Å². The van der Waals surface area contributed by atoms with E-state index in [1.165, 1.54) is 19.8 Å². The van der Waals surface area contributed by atoms with Gasteiger partial charge in [0.05, 0.1) is 0 Å². The van der Waals surface area contributed by atoms with Crippen molar-refractivity contribution in [2.24, 2.45) is 0 Å². The molecule has 5 heteroatoms. The average Bonchev–Trinajstić information content (AvgIpc) is 2.99. The van der Waals surface area contributed by atoms with Gasteiger partial charge in [0, 0.05) is 40.6 Å². The number of imide groups is 1. The molecule has 0 atom stereocenters. The molecule has 1 heterocycles. The molecule has 0 bridgehead atoms. The zero-order valence-corrected chi connectivity index (χ0v) is 25.0. The Kier molecular flexibility index (Phi) is 7.85. The van der Waals surface area contributed by atoms with E-state index in [0.717, 1.165) is 100 Å². The van der Waals surface area contributed by atoms with Crippen LogP contribution < -0.4 is 5.32 Å². The Morgan fingerprint density at radius 2 is 1.17 bits per heavy atom. The zero-order chi connectivity index (χ0) is 29.4. The SMILES string of the molecule is CCCCCCC(CCCCCC)N1C(=O)c2ccc3c4cccc5c(NC(C)=O)ccc(c6ccc(c2c36)C1=O)c54. The van der Waals surface area contributed by atoms with E-state index in [-0.39, 0.29) is 23.8 Å². The highest BCUT2D eigenvalue weighted by atomic mass is 16.2. The molecular formula is C37H40N2O3. The fourth-order valence-corrected chi connectivity index (χ4v) is 7.15. The summed E-state index contributed by atoms with van der Waals surface area (Å²) in [5.41, 5.74) is 2.03. The van der Waals surface area contributed by atoms with Crippen molar-refractivity contribution in [2.45, 2.75) is 91.0 Å². The number of nitrogens with zero attached hydrogens (tertiary/aromatic N) is 1. The third-order valence-electron chi connectivity index (χ3n) is 9.14. The first-order valence-corrected chi connectivity index (χ1v) is 15.8. The molecule has 0 saturated heterocycles. The Morgan fingerprint density at radius 3 is 1.74 bits per heavy atom. The highest BCUT2D eigenvalue weighted by molar-refractivity contribution is 6.39. The normalized spacial score (nSPS) is 13.5. The Labute approximate surface area is 247 Å². The predicted octanol–water partition coefficient (Wildman–Crippen LogP) is 9.60. The quantitative estimate of drug-likeness (QED) is 0.0715. The van der Waals surface area contributed by atoms with Crippen LogP contribution in [0, 0.1) is 0 Å². The second kappa shape index (κ2) is 11.7. The molecule has 1 N–H and O–H groups in total. The van der Waals surface area contributed by atoms with Gasteiger partial charge in [-0.3, -0.25) is 19.3 Å². The largest absolute Gasteiger partial charge is 0.326 e. The van der Waals surface area contributed by atoms with Gasteiger partial charge in [-0.1, -0.05) is 102 Å². The minimum Gasteiger partial charge on any atom is -0.326 e. The van der Waals surface area contributed by atoms with Crippen LogP contribution in [0.15, 0.2) is 54.6 Å². The third-order valence-corrected chi connectivity index (χ3v) is 9.14. The average molecular weight is 561 g/mol. The van der Waals surface area contributed by atoms with Gasteiger partial charge < -0.3 is 5.32 Å². The monoisotopic (exact) mass is 560 g/mol. The molecule has 3 amide bonds. The maximum absolute atomic E-state index is 14.2. The Bertz CT molecular complexity index is 1740. The number of rotatable bonds is 12. The standard InChI is InChI=1S/C37H40N2O3/c1-4-6-8-10-13-24(14-11-9-7-5-2)39-36(41)30-19-17-27-25-15-12-16-29-32(38-23(3)40)22-21-26(33(25)29)28-18-20-31(37(39)42)35(30)34(27)28/h12,15-22,24H,4-11,13-14H2,1-3H3,(H,38,40). The van der Waals surface area contributed by atoms with Gasteiger partial charge >= 0.3 is 0 Å². The lowest BCUT2D eigenvalue weighted by molar-refractivity contribution is -0.114. The summed E-state index contributed by atoms with van der Waals surface area (Å²) in [7, 11) is 0. The second-order valence-electron chi connectivity index (χ2n) is 12.0. The number of hydrogen-bond donors (Lipinski definition) is 1. The number of unbranched alkanes of at least 4 members (excludes halogenated alkanes) is 6. The highest BCUT2D eigenvalue weighted by Crippen LogP contribution is 2.45. The minimum atomic E-state index is -0.155. The van der Waals surface area contributed by atoms with E-state index >= 15 is 0 Å². The molecule has 6 rings (SSSR count). The summed E-state index contributed by atoms with van der Waals surface area (Å²) < 4.78 is 0. The number of anilines is 1. The van der Waals surface area contributed by atoms with Crippen molar-refractivity contribution in [1.82, 2.24) is 4.90 Å². The van der Waals surface area contributed by atoms with Crippen molar-refractivity contribution < 1.29 is 14.4 Å². The van der Waals surface area contributed by atoms with Gasteiger partial charge in [0.15, 0.2) is 0 Å². The van der Waals surface area contributed by atoms with E-state index in [2.05, 4.69) is 37.4 Å². The Balaban J connectivity index is 1.49. The van der Waals surface area contributed by atoms with Crippen LogP contribution in [0.2, 0.25) is 0 Å². The van der Waals surface area contributed by atoms with E-state index in [0.29, 0.717) is 11.1 Å². The summed E-state index contributed by atoms with van der Waals surface area (Å²) in [6.45, 7) is 5.93. The lowest BCUT2D eigenvalue weighted by Crippen LogP contribution is -2.47. The first kappa shape index (κ1) is 28.1. The fraction of sp³-hybridized carbons (Fsp3) is 0.378. The molecule has 5 aromatic carbocycles. The van der Waals surface area contributed by atoms with Crippen molar-refractivity contribution >= 4 is 66.5 Å². The maximum Gasteiger partial charge on any atom is 0.261 e. The van der Waals surface area contributed by atoms with Crippen molar-refractivity contribution in [2.75, 3.05) is 5.32 Å². The van der Waals surface area contributed by atoms with Gasteiger partial charge in [-0.15, -0.1) is 0 Å². The third kappa shape index (κ3) is 4.69. The van der Waals surface area contributed by atoms with Crippen LogP contribution in [0.3, 0.4) is 0 Å². The molecule has 5 aromatic rings. The van der Waals surface area contributed by atoms with Crippen LogP contribution in [-0.2, 0) is 4.79 Å². The minimum absolute atomic E-state index is 0.0733. The molecule has 0 spiro atoms. The lowest BCUT2D eigenvalue weighted by atomic mass is 9.84. The zero-order valence-electron chi connectivity index (χ0n) is 25.0. The molecule has 42 heavy (non-hydrogen) atoms. The maximum atomic E-state index is 14.2. The number of nitrogens with one attached hydrogen (secondary N) is 1. The number of carbonyl (C=O) groups excluding carboxylic acids is 3. The lowest BCUT2D eigenvalue weighted by Gasteiger charge is -2.34. The van der Waals surface area contributed by atoms with Crippen LogP contribution in [-0.4, -0.2) is 28.7 Å². The summed E-state index contributed by atoms with van der Waals surface area (Å²) in [4.78, 5) is 41.9. The molecule has 0 unspecified atom stereocenters. The van der Waals surface area contributed by atoms with Gasteiger partial charge in [0.25, 0.3) is 11.8 Å². The van der Waals surface area contributed by atoms with Crippen LogP contribution in [0.5, 0.6) is 0 Å². The Morgan fingerprint density at radius 1 is 0.643 bits per heavy atom. The van der Waals surface area contributed by atoms with Gasteiger partial charge in [0.2, 0.25) is 5.91 Å². The van der Waals surface area contributed by atoms with E-state index in [1.54, 1.807) is 4.90 Å². The molecule has 5 nitrogen and oxygen atoms in total. The molecule has 1 aliphatic rings. The number of hydrogen-bond acceptors (Lipinski definition) is 3. The van der Waals surface area contributed by atoms with Crippen molar-refractivity contribution in [3.05, 3.63) is 65.7 Å². The summed E-state index contributed by atoms with van der Waals surface area (Å²) in [6.07, 6.45) is 10.7. The summed E-state index contributed by atoms with van der Waals surface area (Å²) >= 11 is 0. The highest BCUT2D eigenvalue weighted by Gasteiger charge is 2.38. The van der Waals surface area contributed by atoms with Crippen molar-refractivity contribution in [3.8, 4) is 0 Å². The van der Waals surface area contributed by atoms with E-state index in [1.807, 2.05) is 36.4 Å².